The third-order valence-electron chi connectivity index (χ3n) is 9.02. The lowest BCUT2D eigenvalue weighted by atomic mass is 10.0. The number of rotatable bonds is 16. The summed E-state index contributed by atoms with van der Waals surface area (Å²) in [5, 5.41) is 20.6. The van der Waals surface area contributed by atoms with Gasteiger partial charge >= 0.3 is 12.0 Å². The number of aryl methyl sites for hydroxylation is 1. The van der Waals surface area contributed by atoms with Crippen LogP contribution in [0.4, 0.5) is 16.2 Å². The minimum Gasteiger partial charge on any atom is -0.480 e. The Kier molecular flexibility index (Phi) is 14.1. The second kappa shape index (κ2) is 18.5. The highest BCUT2D eigenvalue weighted by Crippen LogP contribution is 2.26. The topological polar surface area (TPSA) is 194 Å². The molecule has 3 atom stereocenters. The number of sulfonamides is 1. The zero-order valence-electron chi connectivity index (χ0n) is 30.4. The summed E-state index contributed by atoms with van der Waals surface area (Å²) < 4.78 is 27.5. The normalized spacial score (nSPS) is 15.6. The first-order chi connectivity index (χ1) is 25.2. The van der Waals surface area contributed by atoms with Crippen molar-refractivity contribution in [1.82, 2.24) is 19.8 Å². The van der Waals surface area contributed by atoms with E-state index in [1.165, 1.54) is 24.1 Å². The molecule has 3 aromatic rings. The minimum absolute atomic E-state index is 0.000637. The molecule has 0 saturated carbocycles. The number of para-hydroxylation sites is 1. The van der Waals surface area contributed by atoms with Crippen molar-refractivity contribution in [3.63, 3.8) is 0 Å². The van der Waals surface area contributed by atoms with Gasteiger partial charge in [-0.3, -0.25) is 14.4 Å². The van der Waals surface area contributed by atoms with Gasteiger partial charge in [0.15, 0.2) is 0 Å². The van der Waals surface area contributed by atoms with Gasteiger partial charge in [0.25, 0.3) is 0 Å². The van der Waals surface area contributed by atoms with Crippen molar-refractivity contribution in [2.45, 2.75) is 75.9 Å². The van der Waals surface area contributed by atoms with E-state index in [9.17, 15) is 37.5 Å². The number of nitrogens with zero attached hydrogens (tertiary/aromatic N) is 2. The maximum atomic E-state index is 13.4. The smallest absolute Gasteiger partial charge is 0.326 e. The standard InChI is InChI=1S/C38H48N6O8S/c1-25(2)23-33(43(4)34(45)24-27-16-18-28(19-17-27)40-38(50)42-30-14-9-8-11-26(30)3)35(46)39-21-20-31(37(48)49)41-36(47)32-15-10-22-44(32)53(51,52)29-12-6-5-7-13-29/h5-9,11-14,16-19,25,31-33H,10,15,20-24H2,1-4H3,(H,39,46)(H,41,47)(H,48,49)(H2,40,42,50)/t31-,32-,33-/m0/s1. The van der Waals surface area contributed by atoms with Gasteiger partial charge in [0.05, 0.1) is 11.3 Å². The fourth-order valence-electron chi connectivity index (χ4n) is 6.06. The van der Waals surface area contributed by atoms with Crippen molar-refractivity contribution in [3.05, 3.63) is 90.0 Å². The van der Waals surface area contributed by atoms with Crippen molar-refractivity contribution in [3.8, 4) is 0 Å². The highest BCUT2D eigenvalue weighted by atomic mass is 32.2. The molecule has 1 saturated heterocycles. The molecule has 4 rings (SSSR count). The lowest BCUT2D eigenvalue weighted by Crippen LogP contribution is -2.52. The van der Waals surface area contributed by atoms with Gasteiger partial charge in [0, 0.05) is 31.5 Å². The Hall–Kier alpha value is -5.28. The van der Waals surface area contributed by atoms with Gasteiger partial charge in [0.2, 0.25) is 27.7 Å². The Labute approximate surface area is 310 Å². The Morgan fingerprint density at radius 1 is 0.925 bits per heavy atom. The van der Waals surface area contributed by atoms with Crippen LogP contribution in [-0.2, 0) is 35.6 Å². The van der Waals surface area contributed by atoms with Crippen LogP contribution in [0.1, 0.15) is 50.7 Å². The predicted molar refractivity (Wildman–Crippen MR) is 201 cm³/mol. The number of hydrogen-bond donors (Lipinski definition) is 5. The van der Waals surface area contributed by atoms with Crippen molar-refractivity contribution < 1.29 is 37.5 Å². The fourth-order valence-corrected chi connectivity index (χ4v) is 7.74. The summed E-state index contributed by atoms with van der Waals surface area (Å²) in [6, 6.07) is 18.2. The molecule has 53 heavy (non-hydrogen) atoms. The SMILES string of the molecule is Cc1ccccc1NC(=O)Nc1ccc(CC(=O)N(C)[C@@H](CC(C)C)C(=O)NCC[C@H](NC(=O)[C@@H]2CCCN2S(=O)(=O)c2ccccc2)C(=O)O)cc1. The summed E-state index contributed by atoms with van der Waals surface area (Å²) >= 11 is 0. The van der Waals surface area contributed by atoms with Crippen LogP contribution in [0.15, 0.2) is 83.8 Å². The largest absolute Gasteiger partial charge is 0.480 e. The Morgan fingerprint density at radius 2 is 1.58 bits per heavy atom. The highest BCUT2D eigenvalue weighted by molar-refractivity contribution is 7.89. The molecule has 1 aliphatic heterocycles. The summed E-state index contributed by atoms with van der Waals surface area (Å²) in [4.78, 5) is 65.9. The van der Waals surface area contributed by atoms with E-state index in [1.807, 2.05) is 39.0 Å². The van der Waals surface area contributed by atoms with Crippen LogP contribution in [-0.4, -0.2) is 90.7 Å². The van der Waals surface area contributed by atoms with E-state index in [1.54, 1.807) is 48.5 Å². The molecule has 1 heterocycles. The molecule has 0 aliphatic carbocycles. The second-order valence-corrected chi connectivity index (χ2v) is 15.4. The maximum Gasteiger partial charge on any atom is 0.326 e. The zero-order valence-corrected chi connectivity index (χ0v) is 31.2. The summed E-state index contributed by atoms with van der Waals surface area (Å²) in [5.74, 6) is -2.80. The van der Waals surface area contributed by atoms with E-state index in [0.29, 0.717) is 29.8 Å². The number of benzene rings is 3. The lowest BCUT2D eigenvalue weighted by molar-refractivity contribution is -0.142. The van der Waals surface area contributed by atoms with Gasteiger partial charge in [-0.15, -0.1) is 0 Å². The van der Waals surface area contributed by atoms with Crippen LogP contribution in [0.25, 0.3) is 0 Å². The summed E-state index contributed by atoms with van der Waals surface area (Å²) in [5.41, 5.74) is 2.82. The van der Waals surface area contributed by atoms with Crippen molar-refractivity contribution in [1.29, 1.82) is 0 Å². The van der Waals surface area contributed by atoms with Gasteiger partial charge in [0.1, 0.15) is 18.1 Å². The Bertz CT molecular complexity index is 1870. The van der Waals surface area contributed by atoms with Crippen LogP contribution >= 0.6 is 0 Å². The van der Waals surface area contributed by atoms with Crippen LogP contribution in [0.2, 0.25) is 0 Å². The number of carbonyl (C=O) groups excluding carboxylic acids is 4. The van der Waals surface area contributed by atoms with Crippen LogP contribution < -0.4 is 21.3 Å². The number of carbonyl (C=O) groups is 5. The van der Waals surface area contributed by atoms with E-state index in [0.717, 1.165) is 9.87 Å². The molecule has 0 bridgehead atoms. The highest BCUT2D eigenvalue weighted by Gasteiger charge is 2.40. The number of aliphatic carboxylic acids is 1. The Morgan fingerprint density at radius 3 is 2.23 bits per heavy atom. The number of anilines is 2. The monoisotopic (exact) mass is 748 g/mol. The minimum atomic E-state index is -3.97. The molecule has 0 spiro atoms. The molecule has 0 unspecified atom stereocenters. The fraction of sp³-hybridized carbons (Fsp3) is 0.395. The molecular formula is C38H48N6O8S. The third-order valence-corrected chi connectivity index (χ3v) is 10.9. The molecule has 1 aliphatic rings. The average Bonchev–Trinajstić information content (AvgIpc) is 3.63. The van der Waals surface area contributed by atoms with E-state index in [2.05, 4.69) is 21.3 Å². The first-order valence-electron chi connectivity index (χ1n) is 17.5. The van der Waals surface area contributed by atoms with E-state index in [4.69, 9.17) is 0 Å². The van der Waals surface area contributed by atoms with Gasteiger partial charge in [-0.25, -0.2) is 18.0 Å². The molecule has 284 valence electrons. The number of carboxylic acid groups (broad SMARTS) is 1. The molecule has 5 N–H and O–H groups in total. The van der Waals surface area contributed by atoms with Crippen molar-refractivity contribution in [2.24, 2.45) is 5.92 Å². The van der Waals surface area contributed by atoms with E-state index < -0.39 is 52.0 Å². The molecule has 0 aromatic heterocycles. The maximum absolute atomic E-state index is 13.4. The van der Waals surface area contributed by atoms with Crippen LogP contribution in [0, 0.1) is 12.8 Å². The summed E-state index contributed by atoms with van der Waals surface area (Å²) in [6.07, 6.45) is 0.863. The second-order valence-electron chi connectivity index (χ2n) is 13.5. The van der Waals surface area contributed by atoms with Gasteiger partial charge in [-0.1, -0.05) is 62.4 Å². The van der Waals surface area contributed by atoms with Crippen molar-refractivity contribution in [2.75, 3.05) is 30.8 Å². The number of urea groups is 1. The third kappa shape index (κ3) is 11.1. The number of likely N-dealkylation sites (N-methyl/N-ethyl adjacent to an activating group) is 1. The quantitative estimate of drug-likeness (QED) is 0.145. The summed E-state index contributed by atoms with van der Waals surface area (Å²) in [7, 11) is -2.43. The Balaban J connectivity index is 1.30. The van der Waals surface area contributed by atoms with Crippen LogP contribution in [0.5, 0.6) is 0 Å². The average molecular weight is 749 g/mol. The summed E-state index contributed by atoms with van der Waals surface area (Å²) in [6.45, 7) is 5.74. The number of nitrogens with one attached hydrogen (secondary N) is 4. The lowest BCUT2D eigenvalue weighted by Gasteiger charge is -2.29. The van der Waals surface area contributed by atoms with Crippen molar-refractivity contribution >= 4 is 51.1 Å². The molecular weight excluding hydrogens is 701 g/mol. The van der Waals surface area contributed by atoms with Gasteiger partial charge < -0.3 is 31.3 Å². The van der Waals surface area contributed by atoms with Gasteiger partial charge in [-0.05, 0) is 80.0 Å². The van der Waals surface area contributed by atoms with E-state index in [-0.39, 0.29) is 49.1 Å². The number of carboxylic acids is 1. The van der Waals surface area contributed by atoms with E-state index >= 15 is 0 Å². The first kappa shape index (κ1) is 40.5. The molecule has 5 amide bonds. The predicted octanol–water partition coefficient (Wildman–Crippen LogP) is 3.98. The van der Waals surface area contributed by atoms with Crippen LogP contribution in [0.3, 0.4) is 0 Å². The van der Waals surface area contributed by atoms with Gasteiger partial charge in [-0.2, -0.15) is 4.31 Å². The number of hydrogen-bond acceptors (Lipinski definition) is 7. The molecule has 15 heteroatoms. The molecule has 14 nitrogen and oxygen atoms in total. The molecule has 1 fully saturated rings. The zero-order chi connectivity index (χ0) is 38.7. The molecule has 3 aromatic carbocycles. The molecule has 0 radical (unpaired) electrons. The first-order valence-corrected chi connectivity index (χ1v) is 19.0. The number of amides is 5.